The molecule has 100 valence electrons. The maximum atomic E-state index is 9.60. The molecule has 0 radical (unpaired) electrons. The predicted octanol–water partition coefficient (Wildman–Crippen LogP) is 1.81. The largest absolute Gasteiger partial charge is 0.394 e. The molecule has 1 saturated heterocycles. The average molecular weight is 290 g/mol. The van der Waals surface area contributed by atoms with Crippen molar-refractivity contribution in [3.05, 3.63) is 11.2 Å². The molecule has 0 bridgehead atoms. The van der Waals surface area contributed by atoms with Crippen molar-refractivity contribution in [2.75, 3.05) is 31.4 Å². The van der Waals surface area contributed by atoms with Gasteiger partial charge in [-0.2, -0.15) is 0 Å². The predicted molar refractivity (Wildman–Crippen MR) is 72.3 cm³/mol. The number of nitrogens with one attached hydrogen (secondary N) is 1. The average Bonchev–Trinajstić information content (AvgIpc) is 2.39. The normalized spacial score (nSPS) is 18.6. The molecule has 1 aliphatic heterocycles. The van der Waals surface area contributed by atoms with E-state index in [1.54, 1.807) is 6.07 Å². The zero-order valence-corrected chi connectivity index (χ0v) is 11.7. The van der Waals surface area contributed by atoms with Gasteiger partial charge < -0.3 is 15.2 Å². The van der Waals surface area contributed by atoms with E-state index in [2.05, 4.69) is 15.3 Å². The van der Waals surface area contributed by atoms with Crippen LogP contribution in [-0.4, -0.2) is 46.7 Å². The molecule has 0 amide bonds. The zero-order chi connectivity index (χ0) is 13.0. The second-order valence-corrected chi connectivity index (χ2v) is 5.40. The summed E-state index contributed by atoms with van der Waals surface area (Å²) in [5, 5.41) is 13.9. The van der Waals surface area contributed by atoms with Crippen LogP contribution < -0.4 is 5.32 Å². The minimum absolute atomic E-state index is 0.0482. The Bertz CT molecular complexity index is 413. The minimum Gasteiger partial charge on any atom is -0.394 e. The smallest absolute Gasteiger partial charge is 0.190 e. The number of halogens is 1. The summed E-state index contributed by atoms with van der Waals surface area (Å²) in [4.78, 5) is 8.43. The van der Waals surface area contributed by atoms with E-state index in [-0.39, 0.29) is 12.1 Å². The number of hydrogen-bond acceptors (Lipinski definition) is 6. The summed E-state index contributed by atoms with van der Waals surface area (Å²) in [5.74, 6) is 0.648. The third-order valence-electron chi connectivity index (χ3n) is 3.00. The topological polar surface area (TPSA) is 67.3 Å². The first kappa shape index (κ1) is 13.9. The van der Waals surface area contributed by atoms with Crippen LogP contribution in [0.1, 0.15) is 12.8 Å². The second-order valence-electron chi connectivity index (χ2n) is 4.24. The number of hydrogen-bond donors (Lipinski definition) is 2. The number of aromatic nitrogens is 2. The highest BCUT2D eigenvalue weighted by atomic mass is 35.5. The Balaban J connectivity index is 2.18. The number of ether oxygens (including phenoxy) is 1. The molecule has 2 heterocycles. The van der Waals surface area contributed by atoms with Gasteiger partial charge in [-0.05, 0) is 19.1 Å². The molecular formula is C11H16ClN3O2S. The van der Waals surface area contributed by atoms with Crippen molar-refractivity contribution in [2.45, 2.75) is 23.5 Å². The van der Waals surface area contributed by atoms with Gasteiger partial charge in [0.25, 0.3) is 0 Å². The van der Waals surface area contributed by atoms with E-state index in [1.807, 2.05) is 6.26 Å². The van der Waals surface area contributed by atoms with Gasteiger partial charge in [-0.15, -0.1) is 0 Å². The highest BCUT2D eigenvalue weighted by molar-refractivity contribution is 7.98. The van der Waals surface area contributed by atoms with Gasteiger partial charge in [0.2, 0.25) is 0 Å². The maximum absolute atomic E-state index is 9.60. The first-order valence-electron chi connectivity index (χ1n) is 5.73. The monoisotopic (exact) mass is 289 g/mol. The van der Waals surface area contributed by atoms with Crippen LogP contribution in [0.4, 0.5) is 5.82 Å². The Hall–Kier alpha value is -0.560. The lowest BCUT2D eigenvalue weighted by Crippen LogP contribution is -2.47. The maximum Gasteiger partial charge on any atom is 0.190 e. The van der Waals surface area contributed by atoms with Gasteiger partial charge in [-0.1, -0.05) is 23.4 Å². The SMILES string of the molecule is CSc1nc(Cl)cc(NC2(CO)CCOCC2)n1. The fraction of sp³-hybridized carbons (Fsp3) is 0.636. The van der Waals surface area contributed by atoms with Gasteiger partial charge >= 0.3 is 0 Å². The number of rotatable bonds is 4. The van der Waals surface area contributed by atoms with Crippen molar-refractivity contribution in [2.24, 2.45) is 0 Å². The van der Waals surface area contributed by atoms with Gasteiger partial charge in [-0.25, -0.2) is 9.97 Å². The zero-order valence-electron chi connectivity index (χ0n) is 10.1. The molecule has 0 unspecified atom stereocenters. The Morgan fingerprint density at radius 2 is 2.22 bits per heavy atom. The van der Waals surface area contributed by atoms with Crippen LogP contribution in [0.15, 0.2) is 11.2 Å². The van der Waals surface area contributed by atoms with Crippen LogP contribution in [0.25, 0.3) is 0 Å². The number of nitrogens with zero attached hydrogens (tertiary/aromatic N) is 2. The molecule has 0 atom stereocenters. The Morgan fingerprint density at radius 3 is 2.83 bits per heavy atom. The van der Waals surface area contributed by atoms with E-state index in [0.29, 0.717) is 29.3 Å². The van der Waals surface area contributed by atoms with Gasteiger partial charge in [0.15, 0.2) is 5.16 Å². The number of thioether (sulfide) groups is 1. The lowest BCUT2D eigenvalue weighted by atomic mass is 9.91. The molecule has 0 spiro atoms. The number of aliphatic hydroxyl groups is 1. The van der Waals surface area contributed by atoms with E-state index in [1.165, 1.54) is 11.8 Å². The third kappa shape index (κ3) is 3.26. The number of aliphatic hydroxyl groups excluding tert-OH is 1. The van der Waals surface area contributed by atoms with Crippen LogP contribution in [0, 0.1) is 0 Å². The van der Waals surface area contributed by atoms with Crippen LogP contribution in [0.2, 0.25) is 5.15 Å². The fourth-order valence-electron chi connectivity index (χ4n) is 1.91. The molecule has 0 aliphatic carbocycles. The molecule has 7 heteroatoms. The lowest BCUT2D eigenvalue weighted by Gasteiger charge is -2.36. The van der Waals surface area contributed by atoms with Crippen molar-refractivity contribution >= 4 is 29.2 Å². The van der Waals surface area contributed by atoms with Gasteiger partial charge in [-0.3, -0.25) is 0 Å². The lowest BCUT2D eigenvalue weighted by molar-refractivity contribution is 0.0378. The van der Waals surface area contributed by atoms with Gasteiger partial charge in [0, 0.05) is 19.3 Å². The van der Waals surface area contributed by atoms with Crippen LogP contribution in [0.3, 0.4) is 0 Å². The summed E-state index contributed by atoms with van der Waals surface area (Å²) < 4.78 is 5.32. The summed E-state index contributed by atoms with van der Waals surface area (Å²) in [6, 6.07) is 1.67. The van der Waals surface area contributed by atoms with Crippen molar-refractivity contribution in [3.8, 4) is 0 Å². The first-order valence-corrected chi connectivity index (χ1v) is 7.33. The summed E-state index contributed by atoms with van der Waals surface area (Å²) in [6.07, 6.45) is 3.39. The quantitative estimate of drug-likeness (QED) is 0.501. The molecule has 1 fully saturated rings. The summed E-state index contributed by atoms with van der Waals surface area (Å²) >= 11 is 7.38. The first-order chi connectivity index (χ1) is 8.67. The van der Waals surface area contributed by atoms with Crippen molar-refractivity contribution in [1.82, 2.24) is 9.97 Å². The van der Waals surface area contributed by atoms with Crippen molar-refractivity contribution < 1.29 is 9.84 Å². The molecule has 0 saturated carbocycles. The Kier molecular flexibility index (Phi) is 4.66. The van der Waals surface area contributed by atoms with Gasteiger partial charge in [0.05, 0.1) is 12.1 Å². The van der Waals surface area contributed by atoms with Crippen LogP contribution in [-0.2, 0) is 4.74 Å². The third-order valence-corrected chi connectivity index (χ3v) is 3.74. The molecule has 1 aliphatic rings. The van der Waals surface area contributed by atoms with Crippen LogP contribution in [0.5, 0.6) is 0 Å². The Morgan fingerprint density at radius 1 is 1.50 bits per heavy atom. The molecule has 2 N–H and O–H groups in total. The second kappa shape index (κ2) is 6.06. The molecular weight excluding hydrogens is 274 g/mol. The standard InChI is InChI=1S/C11H16ClN3O2S/c1-18-10-13-8(12)6-9(14-10)15-11(7-16)2-4-17-5-3-11/h6,16H,2-5,7H2,1H3,(H,13,14,15). The minimum atomic E-state index is -0.369. The fourth-order valence-corrected chi connectivity index (χ4v) is 2.52. The summed E-state index contributed by atoms with van der Waals surface area (Å²) in [6.45, 7) is 1.33. The van der Waals surface area contributed by atoms with E-state index in [0.717, 1.165) is 12.8 Å². The van der Waals surface area contributed by atoms with Crippen molar-refractivity contribution in [3.63, 3.8) is 0 Å². The molecule has 1 aromatic heterocycles. The molecule has 2 rings (SSSR count). The molecule has 5 nitrogen and oxygen atoms in total. The highest BCUT2D eigenvalue weighted by Gasteiger charge is 2.32. The highest BCUT2D eigenvalue weighted by Crippen LogP contribution is 2.26. The van der Waals surface area contributed by atoms with Crippen molar-refractivity contribution in [1.29, 1.82) is 0 Å². The van der Waals surface area contributed by atoms with E-state index in [4.69, 9.17) is 16.3 Å². The van der Waals surface area contributed by atoms with Gasteiger partial charge in [0.1, 0.15) is 11.0 Å². The molecule has 1 aromatic rings. The van der Waals surface area contributed by atoms with Crippen LogP contribution >= 0.6 is 23.4 Å². The molecule has 18 heavy (non-hydrogen) atoms. The summed E-state index contributed by atoms with van der Waals surface area (Å²) in [5.41, 5.74) is -0.369. The number of anilines is 1. The molecule has 0 aromatic carbocycles. The van der Waals surface area contributed by atoms with E-state index in [9.17, 15) is 5.11 Å². The van der Waals surface area contributed by atoms with E-state index >= 15 is 0 Å². The summed E-state index contributed by atoms with van der Waals surface area (Å²) in [7, 11) is 0. The Labute approximate surface area is 115 Å². The van der Waals surface area contributed by atoms with E-state index < -0.39 is 0 Å².